The third kappa shape index (κ3) is 5.57. The van der Waals surface area contributed by atoms with Crippen LogP contribution in [-0.4, -0.2) is 52.6 Å². The maximum Gasteiger partial charge on any atom is 0.573 e. The molecule has 2 heterocycles. The molecule has 1 aliphatic heterocycles. The van der Waals surface area contributed by atoms with Crippen molar-refractivity contribution in [1.82, 2.24) is 14.8 Å². The fraction of sp³-hybridized carbons (Fsp3) is 0.261. The zero-order valence-electron chi connectivity index (χ0n) is 18.9. The average Bonchev–Trinajstić information content (AvgIpc) is 3.40. The molecule has 1 saturated heterocycles. The molecule has 0 saturated carbocycles. The SMILES string of the molecule is NC(=O)n1cc(NC(=O)N2C[C@H](F)C[C@H]2C(=O)NCc2cccc(OC(F)(F)F)c2F)c2ccccc21. The van der Waals surface area contributed by atoms with Crippen molar-refractivity contribution in [3.8, 4) is 5.75 Å². The molecular formula is C23H20F5N5O4. The van der Waals surface area contributed by atoms with Gasteiger partial charge in [-0.1, -0.05) is 30.3 Å². The van der Waals surface area contributed by atoms with Crippen molar-refractivity contribution in [3.63, 3.8) is 0 Å². The molecule has 0 radical (unpaired) electrons. The average molecular weight is 525 g/mol. The molecule has 1 aliphatic rings. The number of rotatable bonds is 5. The summed E-state index contributed by atoms with van der Waals surface area (Å²) in [6.45, 7) is -0.948. The smallest absolute Gasteiger partial charge is 0.403 e. The zero-order chi connectivity index (χ0) is 26.9. The number of alkyl halides is 4. The molecule has 4 rings (SSSR count). The molecule has 14 heteroatoms. The van der Waals surface area contributed by atoms with Gasteiger partial charge in [0.1, 0.15) is 12.2 Å². The Morgan fingerprint density at radius 2 is 1.84 bits per heavy atom. The van der Waals surface area contributed by atoms with E-state index in [4.69, 9.17) is 5.73 Å². The molecule has 2 atom stereocenters. The van der Waals surface area contributed by atoms with Gasteiger partial charge in [0.15, 0.2) is 11.6 Å². The summed E-state index contributed by atoms with van der Waals surface area (Å²) in [5, 5.41) is 5.34. The van der Waals surface area contributed by atoms with E-state index in [-0.39, 0.29) is 17.7 Å². The molecular weight excluding hydrogens is 505 g/mol. The largest absolute Gasteiger partial charge is 0.573 e. The van der Waals surface area contributed by atoms with Gasteiger partial charge in [0.25, 0.3) is 0 Å². The van der Waals surface area contributed by atoms with Gasteiger partial charge in [0.2, 0.25) is 5.91 Å². The number of amides is 4. The highest BCUT2D eigenvalue weighted by molar-refractivity contribution is 6.05. The van der Waals surface area contributed by atoms with Gasteiger partial charge >= 0.3 is 18.4 Å². The quantitative estimate of drug-likeness (QED) is 0.439. The van der Waals surface area contributed by atoms with Crippen LogP contribution in [0.2, 0.25) is 0 Å². The molecule has 4 amide bonds. The Labute approximate surface area is 205 Å². The number of nitrogens with zero attached hydrogens (tertiary/aromatic N) is 2. The number of hydrogen-bond acceptors (Lipinski definition) is 4. The molecule has 2 aromatic carbocycles. The number of halogens is 5. The number of likely N-dealkylation sites (tertiary alicyclic amines) is 1. The molecule has 37 heavy (non-hydrogen) atoms. The van der Waals surface area contributed by atoms with Crippen LogP contribution in [0.15, 0.2) is 48.7 Å². The van der Waals surface area contributed by atoms with Crippen LogP contribution in [0.25, 0.3) is 10.9 Å². The van der Waals surface area contributed by atoms with Crippen molar-refractivity contribution in [2.75, 3.05) is 11.9 Å². The highest BCUT2D eigenvalue weighted by Crippen LogP contribution is 2.29. The Kier molecular flexibility index (Phi) is 6.92. The Morgan fingerprint density at radius 3 is 2.54 bits per heavy atom. The van der Waals surface area contributed by atoms with Gasteiger partial charge in [-0.15, -0.1) is 13.2 Å². The number of benzene rings is 2. The van der Waals surface area contributed by atoms with Gasteiger partial charge in [0.05, 0.1) is 17.7 Å². The van der Waals surface area contributed by atoms with E-state index in [1.54, 1.807) is 24.3 Å². The van der Waals surface area contributed by atoms with E-state index in [1.165, 1.54) is 6.20 Å². The Bertz CT molecular complexity index is 1360. The number of carbonyl (C=O) groups is 3. The summed E-state index contributed by atoms with van der Waals surface area (Å²) in [6, 6.07) is 6.68. The Morgan fingerprint density at radius 1 is 1.11 bits per heavy atom. The first-order valence-electron chi connectivity index (χ1n) is 10.9. The zero-order valence-corrected chi connectivity index (χ0v) is 18.9. The summed E-state index contributed by atoms with van der Waals surface area (Å²) >= 11 is 0. The fourth-order valence-corrected chi connectivity index (χ4v) is 4.10. The lowest BCUT2D eigenvalue weighted by atomic mass is 10.1. The van der Waals surface area contributed by atoms with Gasteiger partial charge in [-0.25, -0.2) is 18.4 Å². The summed E-state index contributed by atoms with van der Waals surface area (Å²) < 4.78 is 70.7. The molecule has 4 N–H and O–H groups in total. The molecule has 0 aliphatic carbocycles. The summed E-state index contributed by atoms with van der Waals surface area (Å²) in [7, 11) is 0. The highest BCUT2D eigenvalue weighted by atomic mass is 19.4. The summed E-state index contributed by atoms with van der Waals surface area (Å²) in [5.74, 6) is -3.23. The highest BCUT2D eigenvalue weighted by Gasteiger charge is 2.40. The summed E-state index contributed by atoms with van der Waals surface area (Å²) in [6.07, 6.45) is -5.70. The van der Waals surface area contributed by atoms with Crippen LogP contribution in [0.3, 0.4) is 0 Å². The second-order valence-corrected chi connectivity index (χ2v) is 8.19. The minimum atomic E-state index is -5.11. The number of carbonyl (C=O) groups excluding carboxylic acids is 3. The Hall–Kier alpha value is -4.36. The van der Waals surface area contributed by atoms with Gasteiger partial charge in [-0.3, -0.25) is 9.36 Å². The van der Waals surface area contributed by atoms with Crippen LogP contribution < -0.4 is 21.1 Å². The van der Waals surface area contributed by atoms with E-state index in [1.807, 2.05) is 0 Å². The van der Waals surface area contributed by atoms with Crippen molar-refractivity contribution in [1.29, 1.82) is 0 Å². The van der Waals surface area contributed by atoms with E-state index in [0.29, 0.717) is 10.9 Å². The van der Waals surface area contributed by atoms with Crippen LogP contribution in [0.5, 0.6) is 5.75 Å². The van der Waals surface area contributed by atoms with Crippen molar-refractivity contribution in [2.24, 2.45) is 5.73 Å². The maximum absolute atomic E-state index is 14.4. The van der Waals surface area contributed by atoms with Crippen LogP contribution in [-0.2, 0) is 11.3 Å². The van der Waals surface area contributed by atoms with Crippen LogP contribution in [0.4, 0.5) is 37.2 Å². The number of nitrogens with one attached hydrogen (secondary N) is 2. The van der Waals surface area contributed by atoms with E-state index >= 15 is 0 Å². The van der Waals surface area contributed by atoms with Gasteiger partial charge in [0, 0.05) is 30.1 Å². The van der Waals surface area contributed by atoms with Crippen LogP contribution in [0, 0.1) is 5.82 Å². The topological polar surface area (TPSA) is 119 Å². The molecule has 0 bridgehead atoms. The van der Waals surface area contributed by atoms with E-state index in [2.05, 4.69) is 15.4 Å². The molecule has 196 valence electrons. The lowest BCUT2D eigenvalue weighted by Gasteiger charge is -2.24. The lowest BCUT2D eigenvalue weighted by Crippen LogP contribution is -2.47. The van der Waals surface area contributed by atoms with Crippen molar-refractivity contribution >= 4 is 34.6 Å². The van der Waals surface area contributed by atoms with Crippen LogP contribution >= 0.6 is 0 Å². The summed E-state index contributed by atoms with van der Waals surface area (Å²) in [4.78, 5) is 38.4. The first-order chi connectivity index (χ1) is 17.4. The lowest BCUT2D eigenvalue weighted by molar-refractivity contribution is -0.275. The first kappa shape index (κ1) is 25.7. The van der Waals surface area contributed by atoms with Gasteiger partial charge in [-0.05, 0) is 12.1 Å². The number of ether oxygens (including phenoxy) is 1. The fourth-order valence-electron chi connectivity index (χ4n) is 4.10. The number of primary amides is 1. The van der Waals surface area contributed by atoms with Crippen molar-refractivity contribution < 1.29 is 41.1 Å². The van der Waals surface area contributed by atoms with E-state index in [0.717, 1.165) is 27.7 Å². The predicted octanol–water partition coefficient (Wildman–Crippen LogP) is 3.87. The van der Waals surface area contributed by atoms with Gasteiger partial charge < -0.3 is 26.0 Å². The molecule has 0 unspecified atom stereocenters. The van der Waals surface area contributed by atoms with Gasteiger partial charge in [-0.2, -0.15) is 0 Å². The number of hydrogen-bond donors (Lipinski definition) is 3. The third-order valence-electron chi connectivity index (χ3n) is 5.73. The number of aromatic nitrogens is 1. The van der Waals surface area contributed by atoms with Crippen molar-refractivity contribution in [3.05, 3.63) is 60.0 Å². The number of urea groups is 1. The molecule has 9 nitrogen and oxygen atoms in total. The first-order valence-corrected chi connectivity index (χ1v) is 10.9. The van der Waals surface area contributed by atoms with Crippen LogP contribution in [0.1, 0.15) is 12.0 Å². The van der Waals surface area contributed by atoms with Crippen molar-refractivity contribution in [2.45, 2.75) is 31.5 Å². The van der Waals surface area contributed by atoms with E-state index in [9.17, 15) is 36.3 Å². The number of anilines is 1. The standard InChI is InChI=1S/C23H20F5N5O4/c24-13-8-17(20(34)30-9-12-4-3-7-18(19(12)25)37-23(26,27)28)33(10-13)22(36)31-15-11-32(21(29)35)16-6-2-1-5-14(15)16/h1-7,11,13,17H,8-10H2,(H2,29,35)(H,30,34)(H,31,36)/t13-,17+/m1/s1. The second kappa shape index (κ2) is 9.95. The second-order valence-electron chi connectivity index (χ2n) is 8.19. The summed E-state index contributed by atoms with van der Waals surface area (Å²) in [5.41, 5.74) is 5.68. The number of fused-ring (bicyclic) bond motifs is 1. The number of nitrogens with two attached hydrogens (primary N) is 1. The minimum absolute atomic E-state index is 0.199. The molecule has 0 spiro atoms. The monoisotopic (exact) mass is 525 g/mol. The third-order valence-corrected chi connectivity index (χ3v) is 5.73. The maximum atomic E-state index is 14.4. The minimum Gasteiger partial charge on any atom is -0.403 e. The molecule has 3 aromatic rings. The predicted molar refractivity (Wildman–Crippen MR) is 121 cm³/mol. The van der Waals surface area contributed by atoms with E-state index < -0.39 is 61.2 Å². The normalized spacial score (nSPS) is 17.6. The Balaban J connectivity index is 1.47. The molecule has 1 fully saturated rings. The number of para-hydroxylation sites is 1. The molecule has 1 aromatic heterocycles.